The molecule has 0 N–H and O–H groups in total. The van der Waals surface area contributed by atoms with Crippen LogP contribution in [-0.4, -0.2) is 9.97 Å². The van der Waals surface area contributed by atoms with Crippen LogP contribution in [0.1, 0.15) is 0 Å². The number of fused-ring (bicyclic) bond motifs is 7. The molecule has 228 valence electrons. The Labute approximate surface area is 282 Å². The van der Waals surface area contributed by atoms with Crippen LogP contribution in [0.25, 0.3) is 99.3 Å². The molecule has 8 aromatic carbocycles. The maximum atomic E-state index is 6.68. The van der Waals surface area contributed by atoms with Crippen LogP contribution in [0.5, 0.6) is 0 Å². The van der Waals surface area contributed by atoms with E-state index in [1.807, 2.05) is 30.3 Å². The zero-order valence-corrected chi connectivity index (χ0v) is 26.5. The van der Waals surface area contributed by atoms with Gasteiger partial charge in [0.25, 0.3) is 0 Å². The summed E-state index contributed by atoms with van der Waals surface area (Å²) in [6.07, 6.45) is 0. The van der Waals surface area contributed by atoms with Gasteiger partial charge in [0, 0.05) is 32.7 Å². The minimum absolute atomic E-state index is 0.678. The zero-order chi connectivity index (χ0) is 32.3. The number of rotatable bonds is 4. The van der Waals surface area contributed by atoms with E-state index in [0.717, 1.165) is 60.4 Å². The first-order valence-corrected chi connectivity index (χ1v) is 16.6. The van der Waals surface area contributed by atoms with Crippen LogP contribution in [0.15, 0.2) is 174 Å². The van der Waals surface area contributed by atoms with Crippen molar-refractivity contribution in [1.29, 1.82) is 0 Å². The third-order valence-corrected chi connectivity index (χ3v) is 9.67. The third kappa shape index (κ3) is 4.59. The molecule has 0 aliphatic carbocycles. The highest BCUT2D eigenvalue weighted by molar-refractivity contribution is 6.19. The first-order valence-electron chi connectivity index (χ1n) is 16.6. The SMILES string of the molecule is c1ccc(-c2nc(-c3ccc4c(c3)oc3c5ccccc5c(-c5ccc(-c6ccc7ccccc7c6)cc5)cc43)nc3ccccc23)cc1. The number of furan rings is 1. The Morgan fingerprint density at radius 2 is 1.04 bits per heavy atom. The van der Waals surface area contributed by atoms with Gasteiger partial charge in [0.15, 0.2) is 5.82 Å². The quantitative estimate of drug-likeness (QED) is 0.196. The predicted octanol–water partition coefficient (Wildman–Crippen LogP) is 12.5. The lowest BCUT2D eigenvalue weighted by Crippen LogP contribution is -1.95. The Kier molecular flexibility index (Phi) is 6.18. The number of hydrogen-bond acceptors (Lipinski definition) is 3. The molecule has 49 heavy (non-hydrogen) atoms. The molecular weight excluding hydrogens is 597 g/mol. The predicted molar refractivity (Wildman–Crippen MR) is 204 cm³/mol. The molecule has 0 aliphatic heterocycles. The highest BCUT2D eigenvalue weighted by atomic mass is 16.3. The minimum Gasteiger partial charge on any atom is -0.455 e. The summed E-state index contributed by atoms with van der Waals surface area (Å²) in [4.78, 5) is 10.1. The Morgan fingerprint density at radius 1 is 0.367 bits per heavy atom. The van der Waals surface area contributed by atoms with Crippen molar-refractivity contribution in [3.05, 3.63) is 170 Å². The van der Waals surface area contributed by atoms with Crippen LogP contribution in [0.3, 0.4) is 0 Å². The Morgan fingerprint density at radius 3 is 1.90 bits per heavy atom. The van der Waals surface area contributed by atoms with Gasteiger partial charge in [-0.1, -0.05) is 140 Å². The van der Waals surface area contributed by atoms with Gasteiger partial charge < -0.3 is 4.42 Å². The van der Waals surface area contributed by atoms with Crippen molar-refractivity contribution in [1.82, 2.24) is 9.97 Å². The number of hydrogen-bond donors (Lipinski definition) is 0. The molecule has 3 heteroatoms. The van der Waals surface area contributed by atoms with E-state index >= 15 is 0 Å². The molecule has 0 amide bonds. The second kappa shape index (κ2) is 11.0. The van der Waals surface area contributed by atoms with Gasteiger partial charge in [-0.05, 0) is 68.7 Å². The van der Waals surface area contributed by atoms with E-state index in [2.05, 4.69) is 140 Å². The standard InChI is InChI=1S/C46H28N2O/c1-2-11-32(12-3-1)44-39-16-8-9-17-42(39)47-46(48-44)35-24-25-37-41-28-40(36-14-6-7-15-38(36)45(41)49-43(37)27-35)31-21-18-30(19-22-31)34-23-20-29-10-4-5-13-33(29)26-34/h1-28H. The zero-order valence-electron chi connectivity index (χ0n) is 26.5. The van der Waals surface area contributed by atoms with Crippen molar-refractivity contribution in [2.75, 3.05) is 0 Å². The van der Waals surface area contributed by atoms with Gasteiger partial charge in [-0.25, -0.2) is 9.97 Å². The summed E-state index contributed by atoms with van der Waals surface area (Å²) < 4.78 is 6.68. The third-order valence-electron chi connectivity index (χ3n) is 9.67. The van der Waals surface area contributed by atoms with Crippen LogP contribution in [0.2, 0.25) is 0 Å². The topological polar surface area (TPSA) is 38.9 Å². The number of aromatic nitrogens is 2. The van der Waals surface area contributed by atoms with E-state index in [1.165, 1.54) is 33.0 Å². The molecule has 0 aliphatic rings. The first kappa shape index (κ1) is 27.5. The Bertz CT molecular complexity index is 2870. The molecule has 0 spiro atoms. The second-order valence-electron chi connectivity index (χ2n) is 12.6. The van der Waals surface area contributed by atoms with E-state index in [4.69, 9.17) is 14.4 Å². The first-order chi connectivity index (χ1) is 24.3. The van der Waals surface area contributed by atoms with E-state index in [-0.39, 0.29) is 0 Å². The van der Waals surface area contributed by atoms with Crippen molar-refractivity contribution >= 4 is 54.4 Å². The molecule has 0 unspecified atom stereocenters. The van der Waals surface area contributed by atoms with Gasteiger partial charge in [-0.15, -0.1) is 0 Å². The molecular formula is C46H28N2O. The fourth-order valence-electron chi connectivity index (χ4n) is 7.21. The van der Waals surface area contributed by atoms with Gasteiger partial charge in [-0.3, -0.25) is 0 Å². The van der Waals surface area contributed by atoms with Gasteiger partial charge in [-0.2, -0.15) is 0 Å². The molecule has 0 fully saturated rings. The molecule has 10 rings (SSSR count). The highest BCUT2D eigenvalue weighted by Gasteiger charge is 2.17. The summed E-state index contributed by atoms with van der Waals surface area (Å²) in [6.45, 7) is 0. The van der Waals surface area contributed by atoms with Crippen LogP contribution < -0.4 is 0 Å². The van der Waals surface area contributed by atoms with Crippen LogP contribution in [-0.2, 0) is 0 Å². The Hall–Kier alpha value is -6.58. The smallest absolute Gasteiger partial charge is 0.160 e. The molecule has 0 bridgehead atoms. The van der Waals surface area contributed by atoms with Crippen molar-refractivity contribution in [3.63, 3.8) is 0 Å². The Balaban J connectivity index is 1.10. The average Bonchev–Trinajstić information content (AvgIpc) is 3.55. The maximum Gasteiger partial charge on any atom is 0.160 e. The summed E-state index contributed by atoms with van der Waals surface area (Å²) >= 11 is 0. The number of benzene rings is 8. The van der Waals surface area contributed by atoms with Gasteiger partial charge >= 0.3 is 0 Å². The van der Waals surface area contributed by atoms with Gasteiger partial charge in [0.2, 0.25) is 0 Å². The van der Waals surface area contributed by atoms with Crippen molar-refractivity contribution in [3.8, 4) is 44.9 Å². The average molecular weight is 625 g/mol. The van der Waals surface area contributed by atoms with Gasteiger partial charge in [0.1, 0.15) is 11.2 Å². The normalized spacial score (nSPS) is 11.7. The van der Waals surface area contributed by atoms with Crippen LogP contribution >= 0.6 is 0 Å². The second-order valence-corrected chi connectivity index (χ2v) is 12.6. The van der Waals surface area contributed by atoms with Crippen molar-refractivity contribution in [2.24, 2.45) is 0 Å². The summed E-state index contributed by atoms with van der Waals surface area (Å²) in [5.41, 5.74) is 10.3. The van der Waals surface area contributed by atoms with E-state index in [9.17, 15) is 0 Å². The fourth-order valence-corrected chi connectivity index (χ4v) is 7.21. The molecule has 2 heterocycles. The van der Waals surface area contributed by atoms with Crippen molar-refractivity contribution in [2.45, 2.75) is 0 Å². The summed E-state index contributed by atoms with van der Waals surface area (Å²) in [6, 6.07) is 59.8. The molecule has 0 saturated heterocycles. The molecule has 2 aromatic heterocycles. The monoisotopic (exact) mass is 624 g/mol. The lowest BCUT2D eigenvalue weighted by Gasteiger charge is -2.10. The molecule has 3 nitrogen and oxygen atoms in total. The fraction of sp³-hybridized carbons (Fsp3) is 0. The van der Waals surface area contributed by atoms with E-state index < -0.39 is 0 Å². The largest absolute Gasteiger partial charge is 0.455 e. The van der Waals surface area contributed by atoms with Crippen LogP contribution in [0, 0.1) is 0 Å². The van der Waals surface area contributed by atoms with Crippen molar-refractivity contribution < 1.29 is 4.42 Å². The number of nitrogens with zero attached hydrogens (tertiary/aromatic N) is 2. The summed E-state index contributed by atoms with van der Waals surface area (Å²) in [5, 5.41) is 7.97. The molecule has 0 atom stereocenters. The summed E-state index contributed by atoms with van der Waals surface area (Å²) in [5.74, 6) is 0.678. The van der Waals surface area contributed by atoms with Gasteiger partial charge in [0.05, 0.1) is 11.2 Å². The van der Waals surface area contributed by atoms with E-state index in [1.54, 1.807) is 0 Å². The highest BCUT2D eigenvalue weighted by Crippen LogP contribution is 2.41. The minimum atomic E-state index is 0.678. The molecule has 0 radical (unpaired) electrons. The van der Waals surface area contributed by atoms with Crippen LogP contribution in [0.4, 0.5) is 0 Å². The van der Waals surface area contributed by atoms with E-state index in [0.29, 0.717) is 5.82 Å². The summed E-state index contributed by atoms with van der Waals surface area (Å²) in [7, 11) is 0. The lowest BCUT2D eigenvalue weighted by atomic mass is 9.93. The lowest BCUT2D eigenvalue weighted by molar-refractivity contribution is 0.673. The number of para-hydroxylation sites is 1. The molecule has 10 aromatic rings. The maximum absolute atomic E-state index is 6.68. The molecule has 0 saturated carbocycles.